The molecule has 0 saturated heterocycles. The molecular formula is C15H26NO. The maximum atomic E-state index is 6.59. The van der Waals surface area contributed by atoms with Gasteiger partial charge >= 0.3 is 0 Å². The number of rotatable bonds is 8. The predicted molar refractivity (Wildman–Crippen MR) is 74.5 cm³/mol. The van der Waals surface area contributed by atoms with Crippen molar-refractivity contribution in [2.45, 2.75) is 53.4 Å². The topological polar surface area (TPSA) is 33.0 Å². The van der Waals surface area contributed by atoms with Gasteiger partial charge in [0.1, 0.15) is 0 Å². The minimum Gasteiger partial charge on any atom is -0.281 e. The van der Waals surface area contributed by atoms with Crippen molar-refractivity contribution in [3.8, 4) is 0 Å². The largest absolute Gasteiger partial charge is 0.281 e. The van der Waals surface area contributed by atoms with Crippen LogP contribution in [0.1, 0.15) is 53.4 Å². The van der Waals surface area contributed by atoms with Gasteiger partial charge in [-0.15, -0.1) is 5.90 Å². The van der Waals surface area contributed by atoms with E-state index in [0.717, 1.165) is 25.7 Å². The molecule has 0 atom stereocenters. The first-order valence-corrected chi connectivity index (χ1v) is 6.29. The summed E-state index contributed by atoms with van der Waals surface area (Å²) in [5.41, 5.74) is 4.16. The maximum absolute atomic E-state index is 6.59. The molecule has 0 fully saturated rings. The SMILES string of the molecule is CC(C)=CCCC(C)=CCCC(C)=CCO[NH]. The van der Waals surface area contributed by atoms with Gasteiger partial charge in [-0.3, -0.25) is 4.84 Å². The summed E-state index contributed by atoms with van der Waals surface area (Å²) in [6, 6.07) is 0. The molecule has 0 rings (SSSR count). The van der Waals surface area contributed by atoms with E-state index >= 15 is 0 Å². The molecule has 17 heavy (non-hydrogen) atoms. The maximum Gasteiger partial charge on any atom is 0.0883 e. The third-order valence-electron chi connectivity index (χ3n) is 2.64. The zero-order valence-electron chi connectivity index (χ0n) is 11.7. The minimum absolute atomic E-state index is 0.398. The summed E-state index contributed by atoms with van der Waals surface area (Å²) in [7, 11) is 0. The van der Waals surface area contributed by atoms with E-state index in [1.54, 1.807) is 0 Å². The van der Waals surface area contributed by atoms with Gasteiger partial charge in [0.15, 0.2) is 0 Å². The predicted octanol–water partition coefficient (Wildman–Crippen LogP) is 4.62. The lowest BCUT2D eigenvalue weighted by atomic mass is 10.1. The highest BCUT2D eigenvalue weighted by Gasteiger charge is 1.91. The van der Waals surface area contributed by atoms with Crippen molar-refractivity contribution < 1.29 is 4.84 Å². The Labute approximate surface area is 106 Å². The minimum atomic E-state index is 0.398. The van der Waals surface area contributed by atoms with Gasteiger partial charge in [-0.05, 0) is 53.4 Å². The van der Waals surface area contributed by atoms with Crippen LogP contribution in [-0.4, -0.2) is 6.61 Å². The van der Waals surface area contributed by atoms with Crippen molar-refractivity contribution >= 4 is 0 Å². The van der Waals surface area contributed by atoms with Crippen LogP contribution in [0.2, 0.25) is 0 Å². The average Bonchev–Trinajstić information content (AvgIpc) is 2.25. The van der Waals surface area contributed by atoms with Gasteiger partial charge in [0, 0.05) is 0 Å². The Hall–Kier alpha value is -0.860. The molecule has 0 saturated carbocycles. The Bertz CT molecular complexity index is 283. The normalized spacial score (nSPS) is 12.8. The van der Waals surface area contributed by atoms with E-state index in [0.29, 0.717) is 6.61 Å². The third-order valence-corrected chi connectivity index (χ3v) is 2.64. The second-order valence-corrected chi connectivity index (χ2v) is 4.77. The Morgan fingerprint density at radius 2 is 1.41 bits per heavy atom. The summed E-state index contributed by atoms with van der Waals surface area (Å²) in [5.74, 6) is 6.59. The second-order valence-electron chi connectivity index (χ2n) is 4.77. The van der Waals surface area contributed by atoms with Crippen molar-refractivity contribution in [2.24, 2.45) is 0 Å². The van der Waals surface area contributed by atoms with Gasteiger partial charge in [-0.2, -0.15) is 0 Å². The highest BCUT2D eigenvalue weighted by molar-refractivity contribution is 5.05. The van der Waals surface area contributed by atoms with E-state index in [1.807, 2.05) is 6.08 Å². The fourth-order valence-electron chi connectivity index (χ4n) is 1.52. The number of nitrogens with one attached hydrogen (secondary N) is 1. The van der Waals surface area contributed by atoms with Crippen LogP contribution in [-0.2, 0) is 4.84 Å². The lowest BCUT2D eigenvalue weighted by Gasteiger charge is -2.01. The molecule has 0 aromatic rings. The van der Waals surface area contributed by atoms with Crippen LogP contribution >= 0.6 is 0 Å². The molecule has 0 spiro atoms. The molecule has 1 N–H and O–H groups in total. The second kappa shape index (κ2) is 10.3. The Morgan fingerprint density at radius 1 is 0.882 bits per heavy atom. The molecule has 97 valence electrons. The molecule has 0 heterocycles. The monoisotopic (exact) mass is 236 g/mol. The zero-order chi connectivity index (χ0) is 13.1. The van der Waals surface area contributed by atoms with Gasteiger partial charge in [0.05, 0.1) is 6.61 Å². The Morgan fingerprint density at radius 3 is 1.94 bits per heavy atom. The lowest BCUT2D eigenvalue weighted by Crippen LogP contribution is -1.87. The van der Waals surface area contributed by atoms with Crippen LogP contribution in [0.25, 0.3) is 0 Å². The van der Waals surface area contributed by atoms with Crippen molar-refractivity contribution in [1.82, 2.24) is 5.90 Å². The van der Waals surface area contributed by atoms with Crippen LogP contribution in [0.15, 0.2) is 34.9 Å². The molecule has 0 amide bonds. The van der Waals surface area contributed by atoms with Crippen molar-refractivity contribution in [3.05, 3.63) is 34.9 Å². The van der Waals surface area contributed by atoms with Crippen molar-refractivity contribution in [2.75, 3.05) is 6.61 Å². The number of hydrogen-bond donors (Lipinski definition) is 0. The van der Waals surface area contributed by atoms with Gasteiger partial charge < -0.3 is 0 Å². The molecule has 0 aromatic carbocycles. The first-order valence-electron chi connectivity index (χ1n) is 6.29. The van der Waals surface area contributed by atoms with E-state index in [1.165, 1.54) is 16.7 Å². The standard InChI is InChI=1S/C15H26NO/c1-13(2)7-5-8-14(3)9-6-10-15(4)11-12-17-16/h7,9,11,16H,5-6,8,10,12H2,1-4H3. The first kappa shape index (κ1) is 16.1. The van der Waals surface area contributed by atoms with Crippen molar-refractivity contribution in [1.29, 1.82) is 0 Å². The van der Waals surface area contributed by atoms with Crippen LogP contribution in [0, 0.1) is 0 Å². The van der Waals surface area contributed by atoms with Crippen LogP contribution in [0.3, 0.4) is 0 Å². The van der Waals surface area contributed by atoms with Gasteiger partial charge in [0.25, 0.3) is 0 Å². The quantitative estimate of drug-likeness (QED) is 0.447. The van der Waals surface area contributed by atoms with Gasteiger partial charge in [0.2, 0.25) is 0 Å². The average molecular weight is 236 g/mol. The van der Waals surface area contributed by atoms with Crippen LogP contribution < -0.4 is 5.90 Å². The third kappa shape index (κ3) is 11.4. The number of hydrogen-bond acceptors (Lipinski definition) is 1. The first-order chi connectivity index (χ1) is 8.06. The number of allylic oxidation sites excluding steroid dienone is 5. The molecule has 0 aromatic heterocycles. The zero-order valence-corrected chi connectivity index (χ0v) is 11.7. The van der Waals surface area contributed by atoms with Gasteiger partial charge in [-0.1, -0.05) is 34.9 Å². The highest BCUT2D eigenvalue weighted by Crippen LogP contribution is 2.11. The van der Waals surface area contributed by atoms with E-state index in [4.69, 9.17) is 5.90 Å². The highest BCUT2D eigenvalue weighted by atomic mass is 16.6. The molecule has 0 aliphatic heterocycles. The fourth-order valence-corrected chi connectivity index (χ4v) is 1.52. The van der Waals surface area contributed by atoms with E-state index in [9.17, 15) is 0 Å². The van der Waals surface area contributed by atoms with E-state index < -0.39 is 0 Å². The fraction of sp³-hybridized carbons (Fsp3) is 0.600. The molecule has 0 aliphatic carbocycles. The van der Waals surface area contributed by atoms with Crippen molar-refractivity contribution in [3.63, 3.8) is 0 Å². The van der Waals surface area contributed by atoms with Crippen LogP contribution in [0.5, 0.6) is 0 Å². The molecule has 2 heteroatoms. The summed E-state index contributed by atoms with van der Waals surface area (Å²) in [6.45, 7) is 8.97. The Balaban J connectivity index is 3.80. The van der Waals surface area contributed by atoms with Gasteiger partial charge in [-0.25, -0.2) is 0 Å². The summed E-state index contributed by atoms with van der Waals surface area (Å²) < 4.78 is 0. The summed E-state index contributed by atoms with van der Waals surface area (Å²) in [6.07, 6.45) is 11.0. The summed E-state index contributed by atoms with van der Waals surface area (Å²) in [4.78, 5) is 4.27. The molecular weight excluding hydrogens is 210 g/mol. The van der Waals surface area contributed by atoms with Crippen LogP contribution in [0.4, 0.5) is 0 Å². The van der Waals surface area contributed by atoms with E-state index in [2.05, 4.69) is 44.7 Å². The lowest BCUT2D eigenvalue weighted by molar-refractivity contribution is 0.146. The van der Waals surface area contributed by atoms with E-state index in [-0.39, 0.29) is 0 Å². The molecule has 0 unspecified atom stereocenters. The molecule has 0 bridgehead atoms. The molecule has 1 radical (unpaired) electrons. The summed E-state index contributed by atoms with van der Waals surface area (Å²) >= 11 is 0. The molecule has 0 aliphatic rings. The molecule has 2 nitrogen and oxygen atoms in total. The smallest absolute Gasteiger partial charge is 0.0883 e. The summed E-state index contributed by atoms with van der Waals surface area (Å²) in [5, 5.41) is 0. The Kier molecular flexibility index (Phi) is 9.78.